The van der Waals surface area contributed by atoms with Gasteiger partial charge in [0.1, 0.15) is 6.07 Å². The fourth-order valence-corrected chi connectivity index (χ4v) is 2.15. The lowest BCUT2D eigenvalue weighted by Crippen LogP contribution is -2.12. The SMILES string of the molecule is CNc1ccc([N+](=O)[O-])cc1-n1cc(C#N)c(N)c1C(=O)OC. The molecular weight excluding hydrogens is 302 g/mol. The van der Waals surface area contributed by atoms with Crippen LogP contribution in [0.5, 0.6) is 0 Å². The average molecular weight is 315 g/mol. The van der Waals surface area contributed by atoms with E-state index < -0.39 is 10.9 Å². The predicted octanol–water partition coefficient (Wildman–Crippen LogP) is 1.67. The lowest BCUT2D eigenvalue weighted by Gasteiger charge is -2.13. The molecular formula is C14H13N5O4. The highest BCUT2D eigenvalue weighted by Gasteiger charge is 2.24. The normalized spacial score (nSPS) is 9.96. The molecule has 23 heavy (non-hydrogen) atoms. The molecule has 2 aromatic rings. The second-order valence-corrected chi connectivity index (χ2v) is 4.49. The largest absolute Gasteiger partial charge is 0.464 e. The highest BCUT2D eigenvalue weighted by Crippen LogP contribution is 2.31. The van der Waals surface area contributed by atoms with Crippen LogP contribution in [0.15, 0.2) is 24.4 Å². The van der Waals surface area contributed by atoms with E-state index >= 15 is 0 Å². The van der Waals surface area contributed by atoms with E-state index in [1.165, 1.54) is 36.1 Å². The number of nitro groups is 1. The van der Waals surface area contributed by atoms with E-state index in [1.54, 1.807) is 7.05 Å². The lowest BCUT2D eigenvalue weighted by atomic mass is 10.2. The first kappa shape index (κ1) is 15.8. The highest BCUT2D eigenvalue weighted by atomic mass is 16.6. The van der Waals surface area contributed by atoms with Crippen molar-refractivity contribution >= 4 is 23.0 Å². The van der Waals surface area contributed by atoms with Crippen LogP contribution in [0, 0.1) is 21.4 Å². The maximum Gasteiger partial charge on any atom is 0.357 e. The molecule has 0 amide bonds. The Hall–Kier alpha value is -3.54. The van der Waals surface area contributed by atoms with Gasteiger partial charge in [0.15, 0.2) is 5.69 Å². The zero-order chi connectivity index (χ0) is 17.1. The van der Waals surface area contributed by atoms with Gasteiger partial charge in [0, 0.05) is 25.4 Å². The fraction of sp³-hybridized carbons (Fsp3) is 0.143. The molecule has 0 fully saturated rings. The Morgan fingerprint density at radius 1 is 1.52 bits per heavy atom. The summed E-state index contributed by atoms with van der Waals surface area (Å²) in [6, 6.07) is 5.97. The maximum atomic E-state index is 12.0. The van der Waals surface area contributed by atoms with Gasteiger partial charge in [0.25, 0.3) is 5.69 Å². The molecule has 0 atom stereocenters. The maximum absolute atomic E-state index is 12.0. The van der Waals surface area contributed by atoms with E-state index in [0.29, 0.717) is 11.4 Å². The number of nitrogens with zero attached hydrogens (tertiary/aromatic N) is 3. The predicted molar refractivity (Wildman–Crippen MR) is 82.4 cm³/mol. The van der Waals surface area contributed by atoms with Crippen LogP contribution >= 0.6 is 0 Å². The summed E-state index contributed by atoms with van der Waals surface area (Å²) >= 11 is 0. The number of ether oxygens (including phenoxy) is 1. The van der Waals surface area contributed by atoms with Gasteiger partial charge < -0.3 is 20.4 Å². The van der Waals surface area contributed by atoms with Crippen molar-refractivity contribution in [1.82, 2.24) is 4.57 Å². The van der Waals surface area contributed by atoms with Crippen molar-refractivity contribution in [2.75, 3.05) is 25.2 Å². The van der Waals surface area contributed by atoms with Crippen molar-refractivity contribution in [3.63, 3.8) is 0 Å². The topological polar surface area (TPSA) is 136 Å². The van der Waals surface area contributed by atoms with Gasteiger partial charge in [0.2, 0.25) is 0 Å². The summed E-state index contributed by atoms with van der Waals surface area (Å²) in [5.41, 5.74) is 6.42. The first-order chi connectivity index (χ1) is 10.9. The summed E-state index contributed by atoms with van der Waals surface area (Å²) in [6.45, 7) is 0. The first-order valence-corrected chi connectivity index (χ1v) is 6.40. The number of benzene rings is 1. The molecule has 1 heterocycles. The third-order valence-electron chi connectivity index (χ3n) is 3.26. The van der Waals surface area contributed by atoms with E-state index in [-0.39, 0.29) is 22.6 Å². The highest BCUT2D eigenvalue weighted by molar-refractivity contribution is 5.96. The van der Waals surface area contributed by atoms with Gasteiger partial charge in [-0.3, -0.25) is 10.1 Å². The number of nitro benzene ring substituents is 1. The number of rotatable bonds is 4. The number of nitriles is 1. The van der Waals surface area contributed by atoms with Crippen LogP contribution < -0.4 is 11.1 Å². The Labute approximate surface area is 131 Å². The second kappa shape index (κ2) is 6.07. The van der Waals surface area contributed by atoms with Crippen LogP contribution in [0.4, 0.5) is 17.1 Å². The summed E-state index contributed by atoms with van der Waals surface area (Å²) in [7, 11) is 2.80. The number of aromatic nitrogens is 1. The van der Waals surface area contributed by atoms with Crippen LogP contribution in [-0.2, 0) is 4.74 Å². The Morgan fingerprint density at radius 2 is 2.22 bits per heavy atom. The van der Waals surface area contributed by atoms with Crippen molar-refractivity contribution in [3.05, 3.63) is 45.8 Å². The van der Waals surface area contributed by atoms with E-state index in [2.05, 4.69) is 10.1 Å². The first-order valence-electron chi connectivity index (χ1n) is 6.40. The van der Waals surface area contributed by atoms with Crippen LogP contribution in [-0.4, -0.2) is 29.6 Å². The number of carbonyl (C=O) groups is 1. The van der Waals surface area contributed by atoms with Gasteiger partial charge in [-0.1, -0.05) is 0 Å². The number of hydrogen-bond donors (Lipinski definition) is 2. The fourth-order valence-electron chi connectivity index (χ4n) is 2.15. The number of anilines is 2. The summed E-state index contributed by atoms with van der Waals surface area (Å²) in [5.74, 6) is -0.752. The Kier molecular flexibility index (Phi) is 4.18. The molecule has 9 nitrogen and oxygen atoms in total. The van der Waals surface area contributed by atoms with E-state index in [0.717, 1.165) is 0 Å². The summed E-state index contributed by atoms with van der Waals surface area (Å²) < 4.78 is 5.99. The Bertz CT molecular complexity index is 834. The van der Waals surface area contributed by atoms with Gasteiger partial charge >= 0.3 is 5.97 Å². The van der Waals surface area contributed by atoms with Crippen molar-refractivity contribution in [1.29, 1.82) is 5.26 Å². The quantitative estimate of drug-likeness (QED) is 0.497. The number of nitrogen functional groups attached to an aromatic ring is 1. The summed E-state index contributed by atoms with van der Waals surface area (Å²) in [5, 5.41) is 23.0. The molecule has 1 aromatic carbocycles. The molecule has 2 rings (SSSR count). The molecule has 0 aliphatic carbocycles. The third kappa shape index (κ3) is 2.65. The number of nitrogens with two attached hydrogens (primary N) is 1. The molecule has 0 bridgehead atoms. The number of non-ortho nitro benzene ring substituents is 1. The molecule has 0 aliphatic rings. The summed E-state index contributed by atoms with van der Waals surface area (Å²) in [4.78, 5) is 22.4. The van der Waals surface area contributed by atoms with Crippen molar-refractivity contribution in [2.45, 2.75) is 0 Å². The second-order valence-electron chi connectivity index (χ2n) is 4.49. The molecule has 9 heteroatoms. The van der Waals surface area contributed by atoms with Gasteiger partial charge in [-0.15, -0.1) is 0 Å². The Morgan fingerprint density at radius 3 is 2.74 bits per heavy atom. The van der Waals surface area contributed by atoms with Crippen molar-refractivity contribution < 1.29 is 14.5 Å². The molecule has 118 valence electrons. The lowest BCUT2D eigenvalue weighted by molar-refractivity contribution is -0.384. The minimum absolute atomic E-state index is 0.0482. The Balaban J connectivity index is 2.80. The monoisotopic (exact) mass is 315 g/mol. The zero-order valence-electron chi connectivity index (χ0n) is 12.4. The average Bonchev–Trinajstić information content (AvgIpc) is 2.89. The van der Waals surface area contributed by atoms with Crippen LogP contribution in [0.1, 0.15) is 16.1 Å². The van der Waals surface area contributed by atoms with Gasteiger partial charge in [-0.05, 0) is 6.07 Å². The van der Waals surface area contributed by atoms with E-state index in [1.807, 2.05) is 6.07 Å². The molecule has 1 aromatic heterocycles. The summed E-state index contributed by atoms with van der Waals surface area (Å²) in [6.07, 6.45) is 1.33. The number of methoxy groups -OCH3 is 1. The standard InChI is InChI=1S/C14H13N5O4/c1-17-10-4-3-9(19(21)22)5-11(10)18-7-8(6-15)12(16)13(18)14(20)23-2/h3-5,7,17H,16H2,1-2H3. The zero-order valence-corrected chi connectivity index (χ0v) is 12.4. The minimum Gasteiger partial charge on any atom is -0.464 e. The van der Waals surface area contributed by atoms with Crippen LogP contribution in [0.2, 0.25) is 0 Å². The number of hydrogen-bond acceptors (Lipinski definition) is 7. The van der Waals surface area contributed by atoms with Crippen LogP contribution in [0.3, 0.4) is 0 Å². The smallest absolute Gasteiger partial charge is 0.357 e. The molecule has 0 saturated heterocycles. The van der Waals surface area contributed by atoms with Gasteiger partial charge in [0.05, 0.1) is 34.7 Å². The minimum atomic E-state index is -0.752. The molecule has 0 unspecified atom stereocenters. The van der Waals surface area contributed by atoms with E-state index in [4.69, 9.17) is 11.0 Å². The molecule has 0 radical (unpaired) electrons. The number of nitrogens with one attached hydrogen (secondary N) is 1. The molecule has 0 aliphatic heterocycles. The molecule has 3 N–H and O–H groups in total. The van der Waals surface area contributed by atoms with Gasteiger partial charge in [-0.25, -0.2) is 4.79 Å². The van der Waals surface area contributed by atoms with E-state index in [9.17, 15) is 14.9 Å². The van der Waals surface area contributed by atoms with Crippen LogP contribution in [0.25, 0.3) is 5.69 Å². The number of esters is 1. The van der Waals surface area contributed by atoms with Gasteiger partial charge in [-0.2, -0.15) is 5.26 Å². The van der Waals surface area contributed by atoms with Crippen molar-refractivity contribution in [3.8, 4) is 11.8 Å². The molecule has 0 saturated carbocycles. The molecule has 0 spiro atoms. The third-order valence-corrected chi connectivity index (χ3v) is 3.26. The van der Waals surface area contributed by atoms with Crippen molar-refractivity contribution in [2.24, 2.45) is 0 Å². The number of carbonyl (C=O) groups excluding carboxylic acids is 1.